The molecule has 0 bridgehead atoms. The van der Waals surface area contributed by atoms with Gasteiger partial charge < -0.3 is 14.6 Å². The van der Waals surface area contributed by atoms with Crippen molar-refractivity contribution in [3.63, 3.8) is 0 Å². The van der Waals surface area contributed by atoms with Crippen molar-refractivity contribution in [1.82, 2.24) is 10.3 Å². The van der Waals surface area contributed by atoms with E-state index >= 15 is 0 Å². The van der Waals surface area contributed by atoms with E-state index < -0.39 is 28.5 Å². The monoisotopic (exact) mass is 470 g/mol. The molecule has 1 aliphatic rings. The number of carbonyl (C=O) groups excluding carboxylic acids is 1. The quantitative estimate of drug-likeness (QED) is 0.547. The van der Waals surface area contributed by atoms with Crippen molar-refractivity contribution in [2.75, 3.05) is 36.4 Å². The van der Waals surface area contributed by atoms with E-state index in [1.807, 2.05) is 4.90 Å². The summed E-state index contributed by atoms with van der Waals surface area (Å²) in [4.78, 5) is 18.7. The number of oxazole rings is 1. The van der Waals surface area contributed by atoms with E-state index in [1.54, 1.807) is 31.2 Å². The molecule has 4 rings (SSSR count). The van der Waals surface area contributed by atoms with E-state index in [4.69, 9.17) is 22.4 Å². The smallest absolute Gasteiger partial charge is 0.301 e. The van der Waals surface area contributed by atoms with Crippen LogP contribution in [-0.4, -0.2) is 37.1 Å². The van der Waals surface area contributed by atoms with E-state index in [9.17, 15) is 13.6 Å². The molecule has 1 fully saturated rings. The van der Waals surface area contributed by atoms with Crippen molar-refractivity contribution in [1.29, 1.82) is 0 Å². The maximum absolute atomic E-state index is 14.7. The lowest BCUT2D eigenvalue weighted by Crippen LogP contribution is -2.43. The predicted octanol–water partition coefficient (Wildman–Crippen LogP) is 4.21. The summed E-state index contributed by atoms with van der Waals surface area (Å²) in [5.41, 5.74) is -0.225. The third-order valence-corrected chi connectivity index (χ3v) is 5.94. The number of piperazine rings is 1. The second-order valence-electron chi connectivity index (χ2n) is 7.79. The zero-order chi connectivity index (χ0) is 23.6. The number of terminal acetylenes is 1. The lowest BCUT2D eigenvalue weighted by atomic mass is 9.81. The lowest BCUT2D eigenvalue weighted by Gasteiger charge is -2.29. The molecule has 2 heterocycles. The number of amides is 1. The average Bonchev–Trinajstić information content (AvgIpc) is 3.28. The molecule has 1 aromatic heterocycles. The zero-order valence-corrected chi connectivity index (χ0v) is 18.5. The molecule has 6 nitrogen and oxygen atoms in total. The summed E-state index contributed by atoms with van der Waals surface area (Å²) in [5.74, 6) is -0.278. The van der Waals surface area contributed by atoms with Crippen LogP contribution >= 0.6 is 11.6 Å². The molecule has 3 aromatic rings. The fourth-order valence-corrected chi connectivity index (χ4v) is 3.82. The normalized spacial score (nSPS) is 15.5. The summed E-state index contributed by atoms with van der Waals surface area (Å²) in [5, 5.41) is 6.03. The highest BCUT2D eigenvalue weighted by Crippen LogP contribution is 2.32. The second-order valence-corrected chi connectivity index (χ2v) is 8.23. The Morgan fingerprint density at radius 1 is 1.24 bits per heavy atom. The third kappa shape index (κ3) is 4.56. The second kappa shape index (κ2) is 9.22. The number of nitrogens with zero attached hydrogens (tertiary/aromatic N) is 2. The highest BCUT2D eigenvalue weighted by Gasteiger charge is 2.31. The van der Waals surface area contributed by atoms with Crippen molar-refractivity contribution >= 4 is 29.2 Å². The van der Waals surface area contributed by atoms with Gasteiger partial charge >= 0.3 is 6.01 Å². The summed E-state index contributed by atoms with van der Waals surface area (Å²) >= 11 is 5.95. The minimum Gasteiger partial charge on any atom is -0.432 e. The summed E-state index contributed by atoms with van der Waals surface area (Å²) in [6.45, 7) is 4.42. The topological polar surface area (TPSA) is 70.4 Å². The molecule has 2 N–H and O–H groups in total. The first-order valence-corrected chi connectivity index (χ1v) is 10.7. The van der Waals surface area contributed by atoms with Gasteiger partial charge in [0.05, 0.1) is 5.41 Å². The number of aromatic nitrogens is 1. The van der Waals surface area contributed by atoms with Gasteiger partial charge in [0.25, 0.3) is 5.91 Å². The maximum Gasteiger partial charge on any atom is 0.301 e. The lowest BCUT2D eigenvalue weighted by molar-refractivity contribution is 0.101. The van der Waals surface area contributed by atoms with E-state index in [0.29, 0.717) is 42.6 Å². The first-order valence-electron chi connectivity index (χ1n) is 10.3. The van der Waals surface area contributed by atoms with Gasteiger partial charge in [0.1, 0.15) is 29.2 Å². The molecule has 1 amide bonds. The van der Waals surface area contributed by atoms with Crippen LogP contribution in [-0.2, 0) is 5.41 Å². The van der Waals surface area contributed by atoms with E-state index in [-0.39, 0.29) is 6.01 Å². The Bertz CT molecular complexity index is 1190. The number of hydrogen-bond acceptors (Lipinski definition) is 5. The minimum absolute atomic E-state index is 0.226. The Balaban J connectivity index is 1.55. The van der Waals surface area contributed by atoms with Crippen LogP contribution in [0.5, 0.6) is 0 Å². The first kappa shape index (κ1) is 22.8. The van der Waals surface area contributed by atoms with E-state index in [0.717, 1.165) is 17.7 Å². The number of rotatable bonds is 5. The number of halogens is 3. The van der Waals surface area contributed by atoms with Crippen LogP contribution in [0.15, 0.2) is 47.1 Å². The van der Waals surface area contributed by atoms with Crippen LogP contribution in [0, 0.1) is 24.0 Å². The largest absolute Gasteiger partial charge is 0.432 e. The van der Waals surface area contributed by atoms with Crippen molar-refractivity contribution in [3.8, 4) is 12.3 Å². The molecule has 9 heteroatoms. The van der Waals surface area contributed by atoms with Gasteiger partial charge in [-0.25, -0.2) is 8.78 Å². The molecule has 170 valence electrons. The highest BCUT2D eigenvalue weighted by molar-refractivity contribution is 6.30. The number of hydrogen-bond donors (Lipinski definition) is 2. The van der Waals surface area contributed by atoms with Gasteiger partial charge in [-0.15, -0.1) is 6.42 Å². The number of carbonyl (C=O) groups is 1. The van der Waals surface area contributed by atoms with Gasteiger partial charge in [0, 0.05) is 36.9 Å². The summed E-state index contributed by atoms with van der Waals surface area (Å²) in [6.07, 6.45) is 7.06. The van der Waals surface area contributed by atoms with Crippen LogP contribution in [0.2, 0.25) is 5.02 Å². The Hall–Kier alpha value is -3.41. The molecule has 0 spiro atoms. The molecule has 2 aromatic carbocycles. The summed E-state index contributed by atoms with van der Waals surface area (Å²) < 4.78 is 34.7. The fourth-order valence-electron chi connectivity index (χ4n) is 3.69. The van der Waals surface area contributed by atoms with Crippen LogP contribution in [0.4, 0.5) is 20.5 Å². The molecular weight excluding hydrogens is 450 g/mol. The number of nitrogens with one attached hydrogen (secondary N) is 2. The average molecular weight is 471 g/mol. The van der Waals surface area contributed by atoms with Crippen molar-refractivity contribution < 1.29 is 18.0 Å². The van der Waals surface area contributed by atoms with Gasteiger partial charge in [-0.3, -0.25) is 10.1 Å². The maximum atomic E-state index is 14.7. The van der Waals surface area contributed by atoms with Crippen LogP contribution in [0.3, 0.4) is 0 Å². The molecule has 1 unspecified atom stereocenters. The molecule has 1 aliphatic heterocycles. The molecule has 0 radical (unpaired) electrons. The van der Waals surface area contributed by atoms with Crippen LogP contribution in [0.25, 0.3) is 0 Å². The number of benzene rings is 2. The molecule has 1 atom stereocenters. The molecule has 0 saturated carbocycles. The predicted molar refractivity (Wildman–Crippen MR) is 123 cm³/mol. The Morgan fingerprint density at radius 2 is 1.88 bits per heavy atom. The fraction of sp³-hybridized carbons (Fsp3) is 0.250. The third-order valence-electron chi connectivity index (χ3n) is 5.68. The summed E-state index contributed by atoms with van der Waals surface area (Å²) in [7, 11) is 0. The molecule has 33 heavy (non-hydrogen) atoms. The standard InChI is InChI=1S/C24H21ClF2N4O2/c1-3-24(2,15-4-6-16(25)7-5-15)20-14-33-23(29-20)30-22(32)21-18(26)12-17(13-19(21)27)31-10-8-28-9-11-31/h1,4-7,12-14,28H,8-11H2,2H3,(H,29,30,32). The summed E-state index contributed by atoms with van der Waals surface area (Å²) in [6, 6.07) is 9.01. The highest BCUT2D eigenvalue weighted by atomic mass is 35.5. The van der Waals surface area contributed by atoms with E-state index in [2.05, 4.69) is 21.5 Å². The first-order chi connectivity index (χ1) is 15.8. The van der Waals surface area contributed by atoms with Crippen molar-refractivity contribution in [2.45, 2.75) is 12.3 Å². The van der Waals surface area contributed by atoms with Crippen molar-refractivity contribution in [3.05, 3.63) is 76.1 Å². The Labute approximate surface area is 194 Å². The van der Waals surface area contributed by atoms with Gasteiger partial charge in [0.2, 0.25) is 0 Å². The van der Waals surface area contributed by atoms with Gasteiger partial charge in [0.15, 0.2) is 0 Å². The molecule has 1 saturated heterocycles. The van der Waals surface area contributed by atoms with Crippen molar-refractivity contribution in [2.24, 2.45) is 0 Å². The van der Waals surface area contributed by atoms with Crippen LogP contribution in [0.1, 0.15) is 28.5 Å². The van der Waals surface area contributed by atoms with E-state index in [1.165, 1.54) is 6.26 Å². The SMILES string of the molecule is C#CC(C)(c1ccc(Cl)cc1)c1coc(NC(=O)c2c(F)cc(N3CCNCC3)cc2F)n1. The minimum atomic E-state index is -1.01. The Morgan fingerprint density at radius 3 is 2.48 bits per heavy atom. The molecule has 0 aliphatic carbocycles. The number of anilines is 2. The zero-order valence-electron chi connectivity index (χ0n) is 17.8. The molecular formula is C24H21ClF2N4O2. The Kier molecular flexibility index (Phi) is 6.36. The van der Waals surface area contributed by atoms with Crippen LogP contribution < -0.4 is 15.5 Å². The van der Waals surface area contributed by atoms with Gasteiger partial charge in [-0.05, 0) is 36.8 Å². The van der Waals surface area contributed by atoms with Gasteiger partial charge in [-0.2, -0.15) is 4.98 Å². The van der Waals surface area contributed by atoms with Gasteiger partial charge in [-0.1, -0.05) is 29.7 Å².